The summed E-state index contributed by atoms with van der Waals surface area (Å²) in [7, 11) is 1.62. The highest BCUT2D eigenvalue weighted by atomic mass is 35.5. The van der Waals surface area contributed by atoms with Crippen LogP contribution in [-0.4, -0.2) is 25.3 Å². The van der Waals surface area contributed by atoms with E-state index in [1.54, 1.807) is 37.5 Å². The Balaban J connectivity index is 1.50. The Morgan fingerprint density at radius 1 is 1.15 bits per heavy atom. The van der Waals surface area contributed by atoms with E-state index in [1.807, 2.05) is 35.3 Å². The predicted molar refractivity (Wildman–Crippen MR) is 135 cm³/mol. The number of carbonyl (C=O) groups excluding carboxylic acids is 1. The molecule has 0 aliphatic carbocycles. The minimum atomic E-state index is -0.322. The molecule has 0 spiro atoms. The van der Waals surface area contributed by atoms with Gasteiger partial charge in [0.2, 0.25) is 5.91 Å². The Kier molecular flexibility index (Phi) is 7.50. The number of anilines is 1. The number of halogens is 3. The fourth-order valence-corrected chi connectivity index (χ4v) is 4.14. The van der Waals surface area contributed by atoms with Crippen molar-refractivity contribution < 1.29 is 13.9 Å². The maximum atomic E-state index is 13.0. The minimum Gasteiger partial charge on any atom is -0.497 e. The van der Waals surface area contributed by atoms with E-state index in [1.165, 1.54) is 18.2 Å². The van der Waals surface area contributed by atoms with Crippen LogP contribution in [0.25, 0.3) is 6.08 Å². The Morgan fingerprint density at radius 3 is 2.56 bits per heavy atom. The van der Waals surface area contributed by atoms with E-state index >= 15 is 0 Å². The summed E-state index contributed by atoms with van der Waals surface area (Å²) in [5.74, 6) is 0.174. The highest BCUT2D eigenvalue weighted by molar-refractivity contribution is 6.36. The van der Waals surface area contributed by atoms with Gasteiger partial charge in [-0.25, -0.2) is 4.39 Å². The van der Waals surface area contributed by atoms with Crippen LogP contribution >= 0.6 is 23.2 Å². The van der Waals surface area contributed by atoms with Crippen molar-refractivity contribution in [2.24, 2.45) is 5.10 Å². The first-order valence-electron chi connectivity index (χ1n) is 10.6. The van der Waals surface area contributed by atoms with Crippen molar-refractivity contribution in [1.29, 1.82) is 0 Å². The van der Waals surface area contributed by atoms with Crippen LogP contribution in [0, 0.1) is 5.82 Å². The van der Waals surface area contributed by atoms with Gasteiger partial charge in [-0.05, 0) is 59.7 Å². The summed E-state index contributed by atoms with van der Waals surface area (Å²) in [4.78, 5) is 12.3. The standard InChI is InChI=1S/C26H22Cl2FN3O2/c1-34-22-10-5-18(6-11-22)25-15-21(31-32(25)24-12-7-19(27)14-23(24)28)16-30-26(33)13-4-17-2-8-20(29)9-3-17/h2-14,25H,15-16H2,1H3,(H,30,33). The Morgan fingerprint density at radius 2 is 1.88 bits per heavy atom. The third kappa shape index (κ3) is 5.76. The third-order valence-electron chi connectivity index (χ3n) is 5.39. The molecule has 0 saturated carbocycles. The van der Waals surface area contributed by atoms with Gasteiger partial charge < -0.3 is 10.1 Å². The summed E-state index contributed by atoms with van der Waals surface area (Å²) in [5.41, 5.74) is 3.30. The number of ether oxygens (including phenoxy) is 1. The largest absolute Gasteiger partial charge is 0.497 e. The first-order valence-corrected chi connectivity index (χ1v) is 11.3. The number of hydrogen-bond donors (Lipinski definition) is 1. The zero-order valence-corrected chi connectivity index (χ0v) is 19.9. The molecule has 0 fully saturated rings. The van der Waals surface area contributed by atoms with Crippen LogP contribution in [0.2, 0.25) is 10.0 Å². The van der Waals surface area contributed by atoms with Gasteiger partial charge in [0.05, 0.1) is 36.1 Å². The fraction of sp³-hybridized carbons (Fsp3) is 0.154. The van der Waals surface area contributed by atoms with E-state index < -0.39 is 0 Å². The number of nitrogens with one attached hydrogen (secondary N) is 1. The number of rotatable bonds is 7. The molecule has 34 heavy (non-hydrogen) atoms. The molecule has 0 aromatic heterocycles. The second-order valence-corrected chi connectivity index (χ2v) is 8.55. The van der Waals surface area contributed by atoms with Crippen molar-refractivity contribution in [3.8, 4) is 5.75 Å². The molecule has 3 aromatic carbocycles. The molecule has 1 N–H and O–H groups in total. The lowest BCUT2D eigenvalue weighted by Gasteiger charge is -2.25. The maximum Gasteiger partial charge on any atom is 0.244 e. The number of carbonyl (C=O) groups is 1. The normalized spacial score (nSPS) is 15.5. The SMILES string of the molecule is COc1ccc(C2CC(CNC(=O)C=Cc3ccc(F)cc3)=NN2c2ccc(Cl)cc2Cl)cc1. The van der Waals surface area contributed by atoms with Gasteiger partial charge in [-0.3, -0.25) is 9.80 Å². The zero-order chi connectivity index (χ0) is 24.1. The van der Waals surface area contributed by atoms with Crippen LogP contribution in [0.15, 0.2) is 77.9 Å². The number of methoxy groups -OCH3 is 1. The van der Waals surface area contributed by atoms with E-state index in [9.17, 15) is 9.18 Å². The van der Waals surface area contributed by atoms with Crippen LogP contribution in [0.4, 0.5) is 10.1 Å². The van der Waals surface area contributed by atoms with Crippen molar-refractivity contribution >= 4 is 46.6 Å². The summed E-state index contributed by atoms with van der Waals surface area (Å²) in [6.45, 7) is 0.279. The lowest BCUT2D eigenvalue weighted by atomic mass is 10.0. The van der Waals surface area contributed by atoms with E-state index in [2.05, 4.69) is 5.32 Å². The van der Waals surface area contributed by atoms with E-state index in [4.69, 9.17) is 33.0 Å². The maximum absolute atomic E-state index is 13.0. The zero-order valence-electron chi connectivity index (χ0n) is 18.3. The summed E-state index contributed by atoms with van der Waals surface area (Å²) in [5, 5.41) is 10.5. The molecule has 174 valence electrons. The van der Waals surface area contributed by atoms with E-state index in [-0.39, 0.29) is 24.3 Å². The quantitative estimate of drug-likeness (QED) is 0.391. The van der Waals surface area contributed by atoms with Crippen LogP contribution in [0.5, 0.6) is 5.75 Å². The van der Waals surface area contributed by atoms with E-state index in [0.717, 1.165) is 28.3 Å². The molecular weight excluding hydrogens is 476 g/mol. The summed E-state index contributed by atoms with van der Waals surface area (Å²) < 4.78 is 18.3. The van der Waals surface area contributed by atoms with Gasteiger partial charge >= 0.3 is 0 Å². The topological polar surface area (TPSA) is 53.9 Å². The molecule has 1 unspecified atom stereocenters. The monoisotopic (exact) mass is 497 g/mol. The first kappa shape index (κ1) is 23.8. The fourth-order valence-electron chi connectivity index (χ4n) is 3.65. The number of nitrogens with zero attached hydrogens (tertiary/aromatic N) is 2. The lowest BCUT2D eigenvalue weighted by Crippen LogP contribution is -2.27. The van der Waals surface area contributed by atoms with Gasteiger partial charge in [0, 0.05) is 17.5 Å². The molecule has 8 heteroatoms. The van der Waals surface area contributed by atoms with Crippen molar-refractivity contribution in [1.82, 2.24) is 5.32 Å². The molecule has 1 amide bonds. The average molecular weight is 498 g/mol. The molecule has 1 atom stereocenters. The highest BCUT2D eigenvalue weighted by Crippen LogP contribution is 2.39. The molecule has 1 aliphatic heterocycles. The molecule has 0 radical (unpaired) electrons. The highest BCUT2D eigenvalue weighted by Gasteiger charge is 2.30. The predicted octanol–water partition coefficient (Wildman–Crippen LogP) is 6.28. The lowest BCUT2D eigenvalue weighted by molar-refractivity contribution is -0.116. The number of benzene rings is 3. The van der Waals surface area contributed by atoms with Gasteiger partial charge in [-0.2, -0.15) is 5.10 Å². The smallest absolute Gasteiger partial charge is 0.244 e. The van der Waals surface area contributed by atoms with Crippen LogP contribution < -0.4 is 15.1 Å². The van der Waals surface area contributed by atoms with Gasteiger partial charge in [0.1, 0.15) is 11.6 Å². The molecule has 4 rings (SSSR count). The molecule has 1 aliphatic rings. The van der Waals surface area contributed by atoms with Crippen LogP contribution in [0.3, 0.4) is 0 Å². The van der Waals surface area contributed by atoms with Gasteiger partial charge in [-0.1, -0.05) is 47.5 Å². The number of hydrazone groups is 1. The summed E-state index contributed by atoms with van der Waals surface area (Å²) in [6, 6.07) is 18.9. The van der Waals surface area contributed by atoms with Crippen molar-refractivity contribution in [3.05, 3.63) is 99.8 Å². The molecule has 3 aromatic rings. The van der Waals surface area contributed by atoms with Gasteiger partial charge in [0.25, 0.3) is 0 Å². The Bertz CT molecular complexity index is 1230. The average Bonchev–Trinajstić information content (AvgIpc) is 3.26. The Hall–Kier alpha value is -3.35. The second kappa shape index (κ2) is 10.7. The Labute approximate surface area is 207 Å². The number of hydrogen-bond acceptors (Lipinski definition) is 4. The van der Waals surface area contributed by atoms with Crippen molar-refractivity contribution in [3.63, 3.8) is 0 Å². The molecule has 1 heterocycles. The molecule has 0 bridgehead atoms. The van der Waals surface area contributed by atoms with Gasteiger partial charge in [-0.15, -0.1) is 0 Å². The molecule has 0 saturated heterocycles. The second-order valence-electron chi connectivity index (χ2n) is 7.70. The summed E-state index contributed by atoms with van der Waals surface area (Å²) >= 11 is 12.6. The van der Waals surface area contributed by atoms with Crippen LogP contribution in [0.1, 0.15) is 23.6 Å². The first-order chi connectivity index (χ1) is 16.4. The third-order valence-corrected chi connectivity index (χ3v) is 5.93. The minimum absolute atomic E-state index is 0.105. The van der Waals surface area contributed by atoms with Gasteiger partial charge in [0.15, 0.2) is 0 Å². The van der Waals surface area contributed by atoms with E-state index in [0.29, 0.717) is 16.5 Å². The molecular formula is C26H22Cl2FN3O2. The molecule has 5 nitrogen and oxygen atoms in total. The number of amides is 1. The summed E-state index contributed by atoms with van der Waals surface area (Å²) in [6.07, 6.45) is 3.65. The van der Waals surface area contributed by atoms with Crippen LogP contribution in [-0.2, 0) is 4.79 Å². The van der Waals surface area contributed by atoms with Crippen molar-refractivity contribution in [2.75, 3.05) is 18.7 Å². The van der Waals surface area contributed by atoms with Crippen molar-refractivity contribution in [2.45, 2.75) is 12.5 Å².